The molecule has 3 rings (SSSR count). The van der Waals surface area contributed by atoms with Crippen LogP contribution in [0.4, 0.5) is 11.5 Å². The van der Waals surface area contributed by atoms with Gasteiger partial charge in [-0.25, -0.2) is 4.98 Å². The Balaban J connectivity index is 1.54. The smallest absolute Gasteiger partial charge is 0.228 e. The molecule has 1 aromatic heterocycles. The fourth-order valence-electron chi connectivity index (χ4n) is 2.06. The van der Waals surface area contributed by atoms with E-state index >= 15 is 0 Å². The molecule has 4 heteroatoms. The molecule has 0 aliphatic heterocycles. The standard InChI is InChI=1S/C17H19N3O/c1-12-2-4-13(5-3-12)10-18-15-8-9-16(19-11-15)20-17(21)14-6-7-14/h2-5,8-9,11,14,18H,6-7,10H2,1H3,(H,19,20,21). The minimum Gasteiger partial charge on any atom is -0.380 e. The Morgan fingerprint density at radius 3 is 2.57 bits per heavy atom. The molecule has 4 nitrogen and oxygen atoms in total. The first-order valence-electron chi connectivity index (χ1n) is 7.27. The highest BCUT2D eigenvalue weighted by molar-refractivity contribution is 5.93. The average Bonchev–Trinajstić information content (AvgIpc) is 3.33. The predicted octanol–water partition coefficient (Wildman–Crippen LogP) is 3.35. The van der Waals surface area contributed by atoms with Crippen molar-refractivity contribution < 1.29 is 4.79 Å². The third-order valence-electron chi connectivity index (χ3n) is 3.58. The number of rotatable bonds is 5. The molecule has 0 atom stereocenters. The van der Waals surface area contributed by atoms with E-state index in [-0.39, 0.29) is 11.8 Å². The van der Waals surface area contributed by atoms with E-state index in [1.165, 1.54) is 11.1 Å². The second-order valence-corrected chi connectivity index (χ2v) is 5.53. The quantitative estimate of drug-likeness (QED) is 0.883. The molecule has 108 valence electrons. The van der Waals surface area contributed by atoms with Gasteiger partial charge in [0.25, 0.3) is 0 Å². The topological polar surface area (TPSA) is 54.0 Å². The Morgan fingerprint density at radius 2 is 1.95 bits per heavy atom. The Hall–Kier alpha value is -2.36. The van der Waals surface area contributed by atoms with Gasteiger partial charge in [0, 0.05) is 12.5 Å². The molecule has 0 bridgehead atoms. The summed E-state index contributed by atoms with van der Waals surface area (Å²) in [6, 6.07) is 12.2. The summed E-state index contributed by atoms with van der Waals surface area (Å²) in [5.41, 5.74) is 3.43. The van der Waals surface area contributed by atoms with E-state index in [2.05, 4.69) is 46.8 Å². The van der Waals surface area contributed by atoms with Gasteiger partial charge in [-0.3, -0.25) is 4.79 Å². The fourth-order valence-corrected chi connectivity index (χ4v) is 2.06. The number of carbonyl (C=O) groups is 1. The highest BCUT2D eigenvalue weighted by Gasteiger charge is 2.29. The van der Waals surface area contributed by atoms with E-state index in [9.17, 15) is 4.79 Å². The predicted molar refractivity (Wildman–Crippen MR) is 84.1 cm³/mol. The van der Waals surface area contributed by atoms with Gasteiger partial charge < -0.3 is 10.6 Å². The van der Waals surface area contributed by atoms with E-state index in [1.807, 2.05) is 12.1 Å². The van der Waals surface area contributed by atoms with Gasteiger partial charge in [0.1, 0.15) is 5.82 Å². The van der Waals surface area contributed by atoms with Crippen molar-refractivity contribution in [3.05, 3.63) is 53.7 Å². The molecule has 0 unspecified atom stereocenters. The molecule has 1 aliphatic rings. The van der Waals surface area contributed by atoms with Crippen LogP contribution in [0.25, 0.3) is 0 Å². The van der Waals surface area contributed by atoms with Gasteiger partial charge in [0.15, 0.2) is 0 Å². The van der Waals surface area contributed by atoms with Crippen molar-refractivity contribution in [2.75, 3.05) is 10.6 Å². The summed E-state index contributed by atoms with van der Waals surface area (Å²) in [5.74, 6) is 0.904. The van der Waals surface area contributed by atoms with Crippen LogP contribution in [-0.4, -0.2) is 10.9 Å². The first-order chi connectivity index (χ1) is 10.2. The van der Waals surface area contributed by atoms with Crippen molar-refractivity contribution >= 4 is 17.4 Å². The Morgan fingerprint density at radius 1 is 1.19 bits per heavy atom. The Labute approximate surface area is 124 Å². The van der Waals surface area contributed by atoms with Crippen LogP contribution < -0.4 is 10.6 Å². The summed E-state index contributed by atoms with van der Waals surface area (Å²) < 4.78 is 0. The van der Waals surface area contributed by atoms with Crippen LogP contribution in [-0.2, 0) is 11.3 Å². The molecule has 1 aliphatic carbocycles. The lowest BCUT2D eigenvalue weighted by molar-refractivity contribution is -0.117. The number of hydrogen-bond acceptors (Lipinski definition) is 3. The fraction of sp³-hybridized carbons (Fsp3) is 0.294. The molecular weight excluding hydrogens is 262 g/mol. The summed E-state index contributed by atoms with van der Waals surface area (Å²) in [4.78, 5) is 15.9. The van der Waals surface area contributed by atoms with E-state index < -0.39 is 0 Å². The molecule has 0 spiro atoms. The van der Waals surface area contributed by atoms with E-state index in [0.29, 0.717) is 5.82 Å². The minimum atomic E-state index is 0.0860. The van der Waals surface area contributed by atoms with E-state index in [1.54, 1.807) is 6.20 Å². The van der Waals surface area contributed by atoms with Crippen LogP contribution >= 0.6 is 0 Å². The van der Waals surface area contributed by atoms with E-state index in [0.717, 1.165) is 25.1 Å². The van der Waals surface area contributed by atoms with Gasteiger partial charge in [-0.05, 0) is 37.5 Å². The minimum absolute atomic E-state index is 0.0860. The number of benzene rings is 1. The average molecular weight is 281 g/mol. The second kappa shape index (κ2) is 5.95. The van der Waals surface area contributed by atoms with Gasteiger partial charge in [-0.15, -0.1) is 0 Å². The van der Waals surface area contributed by atoms with Crippen molar-refractivity contribution in [2.45, 2.75) is 26.3 Å². The SMILES string of the molecule is Cc1ccc(CNc2ccc(NC(=O)C3CC3)nc2)cc1. The zero-order valence-corrected chi connectivity index (χ0v) is 12.1. The van der Waals surface area contributed by atoms with Crippen LogP contribution in [0, 0.1) is 12.8 Å². The number of pyridine rings is 1. The lowest BCUT2D eigenvalue weighted by Crippen LogP contribution is -2.14. The number of amides is 1. The maximum atomic E-state index is 11.6. The summed E-state index contributed by atoms with van der Waals surface area (Å²) in [5, 5.41) is 6.15. The van der Waals surface area contributed by atoms with Crippen molar-refractivity contribution in [1.82, 2.24) is 4.98 Å². The third kappa shape index (κ3) is 3.81. The van der Waals surface area contributed by atoms with Crippen LogP contribution in [0.15, 0.2) is 42.6 Å². The molecule has 1 heterocycles. The second-order valence-electron chi connectivity index (χ2n) is 5.53. The number of nitrogens with zero attached hydrogens (tertiary/aromatic N) is 1. The first kappa shape index (κ1) is 13.6. The Kier molecular flexibility index (Phi) is 3.86. The van der Waals surface area contributed by atoms with Crippen molar-refractivity contribution in [3.8, 4) is 0 Å². The summed E-state index contributed by atoms with van der Waals surface area (Å²) >= 11 is 0. The highest BCUT2D eigenvalue weighted by atomic mass is 16.2. The molecular formula is C17H19N3O. The Bertz CT molecular complexity index is 615. The molecule has 2 aromatic rings. The van der Waals surface area contributed by atoms with Crippen LogP contribution in [0.2, 0.25) is 0 Å². The van der Waals surface area contributed by atoms with Gasteiger partial charge >= 0.3 is 0 Å². The molecule has 1 amide bonds. The van der Waals surface area contributed by atoms with Gasteiger partial charge in [0.2, 0.25) is 5.91 Å². The number of carbonyl (C=O) groups excluding carboxylic acids is 1. The lowest BCUT2D eigenvalue weighted by atomic mass is 10.1. The zero-order valence-electron chi connectivity index (χ0n) is 12.1. The molecule has 1 aromatic carbocycles. The monoisotopic (exact) mass is 281 g/mol. The van der Waals surface area contributed by atoms with Crippen LogP contribution in [0.5, 0.6) is 0 Å². The molecule has 21 heavy (non-hydrogen) atoms. The number of hydrogen-bond donors (Lipinski definition) is 2. The van der Waals surface area contributed by atoms with Crippen molar-refractivity contribution in [2.24, 2.45) is 5.92 Å². The molecule has 0 radical (unpaired) electrons. The van der Waals surface area contributed by atoms with Crippen LogP contribution in [0.1, 0.15) is 24.0 Å². The van der Waals surface area contributed by atoms with Gasteiger partial charge in [-0.1, -0.05) is 29.8 Å². The van der Waals surface area contributed by atoms with Gasteiger partial charge in [0.05, 0.1) is 11.9 Å². The third-order valence-corrected chi connectivity index (χ3v) is 3.58. The highest BCUT2D eigenvalue weighted by Crippen LogP contribution is 2.29. The molecule has 0 saturated heterocycles. The van der Waals surface area contributed by atoms with Crippen molar-refractivity contribution in [1.29, 1.82) is 0 Å². The summed E-state index contributed by atoms with van der Waals surface area (Å²) in [6.07, 6.45) is 3.75. The van der Waals surface area contributed by atoms with Crippen LogP contribution in [0.3, 0.4) is 0 Å². The maximum Gasteiger partial charge on any atom is 0.228 e. The number of aryl methyl sites for hydroxylation is 1. The largest absolute Gasteiger partial charge is 0.380 e. The summed E-state index contributed by atoms with van der Waals surface area (Å²) in [6.45, 7) is 2.84. The lowest BCUT2D eigenvalue weighted by Gasteiger charge is -2.08. The first-order valence-corrected chi connectivity index (χ1v) is 7.27. The number of nitrogens with one attached hydrogen (secondary N) is 2. The summed E-state index contributed by atoms with van der Waals surface area (Å²) in [7, 11) is 0. The molecule has 1 saturated carbocycles. The van der Waals surface area contributed by atoms with Crippen molar-refractivity contribution in [3.63, 3.8) is 0 Å². The number of aromatic nitrogens is 1. The normalized spacial score (nSPS) is 13.8. The zero-order chi connectivity index (χ0) is 14.7. The van der Waals surface area contributed by atoms with E-state index in [4.69, 9.17) is 0 Å². The number of anilines is 2. The van der Waals surface area contributed by atoms with Gasteiger partial charge in [-0.2, -0.15) is 0 Å². The molecule has 2 N–H and O–H groups in total. The maximum absolute atomic E-state index is 11.6. The molecule has 1 fully saturated rings.